The molecule has 0 spiro atoms. The molecule has 94 valence electrons. The fraction of sp³-hybridized carbons (Fsp3) is 0.0667. The molecule has 0 aliphatic heterocycles. The van der Waals surface area contributed by atoms with Crippen LogP contribution in [0, 0.1) is 11.3 Å². The van der Waals surface area contributed by atoms with E-state index in [0.717, 1.165) is 10.5 Å². The lowest BCUT2D eigenvalue weighted by Gasteiger charge is -2.04. The lowest BCUT2D eigenvalue weighted by Crippen LogP contribution is -1.95. The summed E-state index contributed by atoms with van der Waals surface area (Å²) in [4.78, 5) is 11.8. The predicted molar refractivity (Wildman–Crippen MR) is 74.1 cm³/mol. The number of nitrogens with zero attached hydrogens (tertiary/aromatic N) is 1. The number of carboxylic acid groups (broad SMARTS) is 1. The van der Waals surface area contributed by atoms with E-state index in [1.165, 1.54) is 11.8 Å². The molecule has 0 radical (unpaired) electrons. The highest BCUT2D eigenvalue weighted by Gasteiger charge is 2.05. The van der Waals surface area contributed by atoms with Gasteiger partial charge in [0, 0.05) is 10.6 Å². The quantitative estimate of drug-likeness (QED) is 0.862. The first kappa shape index (κ1) is 13.2. The van der Waals surface area contributed by atoms with Crippen molar-refractivity contribution in [1.82, 2.24) is 0 Å². The molecular formula is C15H11NO2S. The topological polar surface area (TPSA) is 61.1 Å². The predicted octanol–water partition coefficient (Wildman–Crippen LogP) is 3.55. The van der Waals surface area contributed by atoms with Crippen LogP contribution in [0.15, 0.2) is 53.4 Å². The van der Waals surface area contributed by atoms with Crippen LogP contribution < -0.4 is 0 Å². The average molecular weight is 269 g/mol. The second-order valence-electron chi connectivity index (χ2n) is 3.89. The lowest BCUT2D eigenvalue weighted by molar-refractivity contribution is 0.0696. The van der Waals surface area contributed by atoms with Crippen molar-refractivity contribution in [2.24, 2.45) is 0 Å². The molecule has 1 N–H and O–H groups in total. The number of hydrogen-bond donors (Lipinski definition) is 1. The summed E-state index contributed by atoms with van der Waals surface area (Å²) in [6.45, 7) is 0. The van der Waals surface area contributed by atoms with E-state index in [9.17, 15) is 4.79 Å². The minimum absolute atomic E-state index is 0.276. The van der Waals surface area contributed by atoms with Crippen LogP contribution >= 0.6 is 11.8 Å². The fourth-order valence-corrected chi connectivity index (χ4v) is 2.59. The molecule has 0 aliphatic rings. The van der Waals surface area contributed by atoms with Gasteiger partial charge >= 0.3 is 5.97 Å². The minimum Gasteiger partial charge on any atom is -0.478 e. The second-order valence-corrected chi connectivity index (χ2v) is 4.94. The molecular weight excluding hydrogens is 258 g/mol. The number of aromatic carboxylic acids is 1. The summed E-state index contributed by atoms with van der Waals surface area (Å²) in [6.07, 6.45) is 0. The standard InChI is InChI=1S/C15H11NO2S/c16-9-12-4-1-2-5-13(12)10-19-14-7-3-6-11(8-14)15(17)18/h1-8H,10H2,(H,17,18). The molecule has 2 aromatic carbocycles. The molecule has 0 aliphatic carbocycles. The highest BCUT2D eigenvalue weighted by atomic mass is 32.2. The van der Waals surface area contributed by atoms with Crippen LogP contribution in [-0.4, -0.2) is 11.1 Å². The number of thioether (sulfide) groups is 1. The third-order valence-electron chi connectivity index (χ3n) is 2.61. The Morgan fingerprint density at radius 1 is 1.21 bits per heavy atom. The summed E-state index contributed by atoms with van der Waals surface area (Å²) in [6, 6.07) is 16.4. The van der Waals surface area contributed by atoms with Crippen molar-refractivity contribution in [1.29, 1.82) is 5.26 Å². The largest absolute Gasteiger partial charge is 0.478 e. The Bertz CT molecular complexity index is 647. The fourth-order valence-electron chi connectivity index (χ4n) is 1.64. The van der Waals surface area contributed by atoms with Crippen LogP contribution in [0.3, 0.4) is 0 Å². The smallest absolute Gasteiger partial charge is 0.335 e. The molecule has 0 unspecified atom stereocenters. The highest BCUT2D eigenvalue weighted by molar-refractivity contribution is 7.98. The van der Waals surface area contributed by atoms with Crippen molar-refractivity contribution in [2.75, 3.05) is 0 Å². The molecule has 3 nitrogen and oxygen atoms in total. The summed E-state index contributed by atoms with van der Waals surface area (Å²) in [5.74, 6) is -0.285. The van der Waals surface area contributed by atoms with E-state index in [2.05, 4.69) is 6.07 Å². The number of benzene rings is 2. The summed E-state index contributed by atoms with van der Waals surface area (Å²) >= 11 is 1.52. The molecule has 0 amide bonds. The molecule has 0 fully saturated rings. The van der Waals surface area contributed by atoms with Gasteiger partial charge in [-0.3, -0.25) is 0 Å². The van der Waals surface area contributed by atoms with Crippen molar-refractivity contribution in [2.45, 2.75) is 10.6 Å². The van der Waals surface area contributed by atoms with Crippen molar-refractivity contribution >= 4 is 17.7 Å². The lowest BCUT2D eigenvalue weighted by atomic mass is 10.1. The number of carboxylic acids is 1. The molecule has 0 atom stereocenters. The maximum atomic E-state index is 10.9. The minimum atomic E-state index is -0.931. The SMILES string of the molecule is N#Cc1ccccc1CSc1cccc(C(=O)O)c1. The first-order valence-corrected chi connectivity index (χ1v) is 6.63. The molecule has 2 aromatic rings. The van der Waals surface area contributed by atoms with E-state index in [1.54, 1.807) is 24.3 Å². The zero-order valence-electron chi connectivity index (χ0n) is 10.0. The Morgan fingerprint density at radius 3 is 2.74 bits per heavy atom. The third kappa shape index (κ3) is 3.36. The highest BCUT2D eigenvalue weighted by Crippen LogP contribution is 2.25. The van der Waals surface area contributed by atoms with E-state index in [-0.39, 0.29) is 5.56 Å². The van der Waals surface area contributed by atoms with E-state index in [0.29, 0.717) is 11.3 Å². The van der Waals surface area contributed by atoms with Gasteiger partial charge in [0.25, 0.3) is 0 Å². The van der Waals surface area contributed by atoms with Gasteiger partial charge in [0.1, 0.15) is 0 Å². The van der Waals surface area contributed by atoms with Gasteiger partial charge in [-0.2, -0.15) is 5.26 Å². The first-order chi connectivity index (χ1) is 9.20. The molecule has 0 heterocycles. The Balaban J connectivity index is 2.13. The van der Waals surface area contributed by atoms with Gasteiger partial charge in [0.15, 0.2) is 0 Å². The number of hydrogen-bond acceptors (Lipinski definition) is 3. The van der Waals surface area contributed by atoms with Gasteiger partial charge in [-0.1, -0.05) is 24.3 Å². The Hall–Kier alpha value is -2.25. The summed E-state index contributed by atoms with van der Waals surface area (Å²) in [7, 11) is 0. The van der Waals surface area contributed by atoms with Crippen LogP contribution in [0.5, 0.6) is 0 Å². The van der Waals surface area contributed by atoms with E-state index in [4.69, 9.17) is 10.4 Å². The summed E-state index contributed by atoms with van der Waals surface area (Å²) < 4.78 is 0. The molecule has 0 bridgehead atoms. The Labute approximate surface area is 115 Å². The first-order valence-electron chi connectivity index (χ1n) is 5.65. The molecule has 19 heavy (non-hydrogen) atoms. The van der Waals surface area contributed by atoms with Crippen molar-refractivity contribution in [3.63, 3.8) is 0 Å². The Morgan fingerprint density at radius 2 is 2.00 bits per heavy atom. The van der Waals surface area contributed by atoms with E-state index >= 15 is 0 Å². The molecule has 0 saturated carbocycles. The van der Waals surface area contributed by atoms with Crippen LogP contribution in [-0.2, 0) is 5.75 Å². The van der Waals surface area contributed by atoms with Crippen molar-refractivity contribution in [3.8, 4) is 6.07 Å². The van der Waals surface area contributed by atoms with Gasteiger partial charge in [-0.25, -0.2) is 4.79 Å². The molecule has 4 heteroatoms. The second kappa shape index (κ2) is 6.07. The van der Waals surface area contributed by atoms with Crippen LogP contribution in [0.25, 0.3) is 0 Å². The van der Waals surface area contributed by atoms with Crippen LogP contribution in [0.4, 0.5) is 0 Å². The van der Waals surface area contributed by atoms with Gasteiger partial charge in [-0.15, -0.1) is 11.8 Å². The number of rotatable bonds is 4. The third-order valence-corrected chi connectivity index (χ3v) is 3.66. The number of carbonyl (C=O) groups is 1. The normalized spacial score (nSPS) is 9.84. The van der Waals surface area contributed by atoms with Gasteiger partial charge in [0.2, 0.25) is 0 Å². The Kier molecular flexibility index (Phi) is 4.22. The van der Waals surface area contributed by atoms with Crippen LogP contribution in [0.2, 0.25) is 0 Å². The zero-order chi connectivity index (χ0) is 13.7. The molecule has 2 rings (SSSR count). The van der Waals surface area contributed by atoms with Crippen molar-refractivity contribution in [3.05, 3.63) is 65.2 Å². The van der Waals surface area contributed by atoms with Crippen LogP contribution in [0.1, 0.15) is 21.5 Å². The molecule has 0 aromatic heterocycles. The van der Waals surface area contributed by atoms with E-state index < -0.39 is 5.97 Å². The van der Waals surface area contributed by atoms with Gasteiger partial charge < -0.3 is 5.11 Å². The average Bonchev–Trinajstić information content (AvgIpc) is 2.45. The van der Waals surface area contributed by atoms with Gasteiger partial charge in [0.05, 0.1) is 17.2 Å². The van der Waals surface area contributed by atoms with Crippen molar-refractivity contribution < 1.29 is 9.90 Å². The van der Waals surface area contributed by atoms with Gasteiger partial charge in [-0.05, 0) is 29.8 Å². The van der Waals surface area contributed by atoms with E-state index in [1.807, 2.05) is 24.3 Å². The summed E-state index contributed by atoms with van der Waals surface area (Å²) in [5, 5.41) is 17.9. The maximum absolute atomic E-state index is 10.9. The summed E-state index contributed by atoms with van der Waals surface area (Å²) in [5.41, 5.74) is 1.89. The monoisotopic (exact) mass is 269 g/mol. The molecule has 0 saturated heterocycles. The zero-order valence-corrected chi connectivity index (χ0v) is 10.9. The number of nitriles is 1. The maximum Gasteiger partial charge on any atom is 0.335 e.